The van der Waals surface area contributed by atoms with Gasteiger partial charge in [0, 0.05) is 6.54 Å². The van der Waals surface area contributed by atoms with Crippen molar-refractivity contribution in [3.63, 3.8) is 0 Å². The van der Waals surface area contributed by atoms with Crippen molar-refractivity contribution in [2.24, 2.45) is 11.8 Å². The Morgan fingerprint density at radius 3 is 2.44 bits per heavy atom. The number of ether oxygens (including phenoxy) is 1. The average Bonchev–Trinajstić information content (AvgIpc) is 2.87. The number of nitrogens with zero attached hydrogens (tertiary/aromatic N) is 1. The van der Waals surface area contributed by atoms with Crippen LogP contribution in [-0.4, -0.2) is 42.8 Å². The Hall–Kier alpha value is -2.63. The molecule has 1 N–H and O–H groups in total. The topological polar surface area (TPSA) is 75.7 Å². The average molecular weight is 342 g/mol. The van der Waals surface area contributed by atoms with E-state index < -0.39 is 0 Å². The van der Waals surface area contributed by atoms with Crippen molar-refractivity contribution in [2.75, 3.05) is 20.2 Å². The maximum Gasteiger partial charge on any atom is 0.240 e. The van der Waals surface area contributed by atoms with Crippen molar-refractivity contribution in [1.29, 1.82) is 0 Å². The Morgan fingerprint density at radius 2 is 1.80 bits per heavy atom. The molecule has 2 atom stereocenters. The van der Waals surface area contributed by atoms with Gasteiger partial charge in [0.05, 0.1) is 18.9 Å². The molecule has 1 heterocycles. The fourth-order valence-corrected chi connectivity index (χ4v) is 3.47. The molecule has 6 nitrogen and oxygen atoms in total. The zero-order valence-corrected chi connectivity index (χ0v) is 14.2. The molecule has 0 unspecified atom stereocenters. The van der Waals surface area contributed by atoms with Crippen LogP contribution in [0.1, 0.15) is 18.4 Å². The van der Waals surface area contributed by atoms with Crippen LogP contribution < -0.4 is 10.1 Å². The van der Waals surface area contributed by atoms with Crippen LogP contribution in [0, 0.1) is 11.8 Å². The van der Waals surface area contributed by atoms with Crippen LogP contribution in [0.2, 0.25) is 0 Å². The van der Waals surface area contributed by atoms with Gasteiger partial charge in [-0.3, -0.25) is 19.3 Å². The van der Waals surface area contributed by atoms with Gasteiger partial charge in [-0.1, -0.05) is 30.4 Å². The molecular weight excluding hydrogens is 320 g/mol. The van der Waals surface area contributed by atoms with Crippen LogP contribution in [0.25, 0.3) is 0 Å². The molecule has 6 heteroatoms. The number of rotatable bonds is 6. The van der Waals surface area contributed by atoms with Gasteiger partial charge in [0.2, 0.25) is 17.7 Å². The number of likely N-dealkylation sites (tertiary alicyclic amines) is 1. The van der Waals surface area contributed by atoms with Crippen molar-refractivity contribution < 1.29 is 19.1 Å². The highest BCUT2D eigenvalue weighted by molar-refractivity contribution is 6.07. The monoisotopic (exact) mass is 342 g/mol. The van der Waals surface area contributed by atoms with Gasteiger partial charge in [-0.25, -0.2) is 0 Å². The molecule has 0 spiro atoms. The number of imide groups is 1. The molecule has 1 aromatic carbocycles. The number of carbonyl (C=O) groups is 3. The first-order valence-electron chi connectivity index (χ1n) is 8.50. The summed E-state index contributed by atoms with van der Waals surface area (Å²) in [5.41, 5.74) is 0.996. The summed E-state index contributed by atoms with van der Waals surface area (Å²) in [6.45, 7) is 0.223. The van der Waals surface area contributed by atoms with E-state index in [4.69, 9.17) is 4.74 Å². The van der Waals surface area contributed by atoms with E-state index in [1.165, 1.54) is 0 Å². The second-order valence-electron chi connectivity index (χ2n) is 6.33. The molecule has 0 saturated carbocycles. The minimum absolute atomic E-state index is 0.198. The Balaban J connectivity index is 1.51. The molecular formula is C19H22N2O4. The van der Waals surface area contributed by atoms with E-state index in [-0.39, 0.29) is 36.1 Å². The van der Waals surface area contributed by atoms with Crippen molar-refractivity contribution in [3.05, 3.63) is 42.0 Å². The van der Waals surface area contributed by atoms with Gasteiger partial charge in [-0.05, 0) is 30.9 Å². The second kappa shape index (κ2) is 7.51. The molecule has 1 aliphatic heterocycles. The molecule has 1 saturated heterocycles. The van der Waals surface area contributed by atoms with E-state index in [1.807, 2.05) is 36.4 Å². The summed E-state index contributed by atoms with van der Waals surface area (Å²) < 4.78 is 5.28. The van der Waals surface area contributed by atoms with Gasteiger partial charge in [0.15, 0.2) is 0 Å². The number of carbonyl (C=O) groups excluding carboxylic acids is 3. The van der Waals surface area contributed by atoms with E-state index in [1.54, 1.807) is 7.11 Å². The third kappa shape index (κ3) is 3.57. The van der Waals surface area contributed by atoms with Crippen LogP contribution >= 0.6 is 0 Å². The largest absolute Gasteiger partial charge is 0.496 e. The first-order valence-corrected chi connectivity index (χ1v) is 8.50. The zero-order valence-electron chi connectivity index (χ0n) is 14.2. The van der Waals surface area contributed by atoms with Crippen molar-refractivity contribution in [1.82, 2.24) is 10.2 Å². The van der Waals surface area contributed by atoms with Crippen LogP contribution in [0.3, 0.4) is 0 Å². The van der Waals surface area contributed by atoms with Gasteiger partial charge < -0.3 is 10.1 Å². The quantitative estimate of drug-likeness (QED) is 0.625. The molecule has 0 bridgehead atoms. The first kappa shape index (κ1) is 17.2. The highest BCUT2D eigenvalue weighted by Gasteiger charge is 2.47. The first-order chi connectivity index (χ1) is 12.1. The number of benzene rings is 1. The van der Waals surface area contributed by atoms with E-state index in [9.17, 15) is 14.4 Å². The van der Waals surface area contributed by atoms with Crippen LogP contribution in [0.5, 0.6) is 5.75 Å². The fourth-order valence-electron chi connectivity index (χ4n) is 3.47. The third-order valence-electron chi connectivity index (χ3n) is 4.81. The number of para-hydroxylation sites is 1. The summed E-state index contributed by atoms with van der Waals surface area (Å²) in [6.07, 6.45) is 5.65. The normalized spacial score (nSPS) is 22.0. The lowest BCUT2D eigenvalue weighted by Crippen LogP contribution is -2.41. The molecule has 1 aromatic rings. The van der Waals surface area contributed by atoms with Crippen LogP contribution in [0.4, 0.5) is 0 Å². The molecule has 132 valence electrons. The summed E-state index contributed by atoms with van der Waals surface area (Å²) >= 11 is 0. The Morgan fingerprint density at radius 1 is 1.16 bits per heavy atom. The summed E-state index contributed by atoms with van der Waals surface area (Å²) in [7, 11) is 1.61. The highest BCUT2D eigenvalue weighted by atomic mass is 16.5. The van der Waals surface area contributed by atoms with Gasteiger partial charge in [-0.15, -0.1) is 0 Å². The molecule has 25 heavy (non-hydrogen) atoms. The maximum absolute atomic E-state index is 12.3. The molecule has 1 fully saturated rings. The lowest BCUT2D eigenvalue weighted by Gasteiger charge is -2.14. The summed E-state index contributed by atoms with van der Waals surface area (Å²) in [5, 5.41) is 2.78. The number of nitrogens with one attached hydrogen (secondary N) is 1. The number of hydrogen-bond donors (Lipinski definition) is 1. The molecule has 3 amide bonds. The molecule has 3 rings (SSSR count). The number of hydrogen-bond acceptors (Lipinski definition) is 4. The Labute approximate surface area is 146 Å². The minimum atomic E-state index is -0.316. The SMILES string of the molecule is COc1ccccc1CCNC(=O)CN1C(=O)[C@H]2CC=CC[C@@H]2C1=O. The van der Waals surface area contributed by atoms with Crippen LogP contribution in [0.15, 0.2) is 36.4 Å². The Bertz CT molecular complexity index is 687. The lowest BCUT2D eigenvalue weighted by molar-refractivity contribution is -0.143. The van der Waals surface area contributed by atoms with E-state index >= 15 is 0 Å². The van der Waals surface area contributed by atoms with E-state index in [0.717, 1.165) is 16.2 Å². The number of amides is 3. The predicted octanol–water partition coefficient (Wildman–Crippen LogP) is 1.31. The maximum atomic E-state index is 12.3. The summed E-state index contributed by atoms with van der Waals surface area (Å²) in [5.74, 6) is -0.572. The Kier molecular flexibility index (Phi) is 5.16. The fraction of sp³-hybridized carbons (Fsp3) is 0.421. The van der Waals surface area contributed by atoms with Gasteiger partial charge in [-0.2, -0.15) is 0 Å². The number of fused-ring (bicyclic) bond motifs is 1. The van der Waals surface area contributed by atoms with Crippen molar-refractivity contribution in [2.45, 2.75) is 19.3 Å². The summed E-state index contributed by atoms with van der Waals surface area (Å²) in [4.78, 5) is 37.9. The molecule has 0 radical (unpaired) electrons. The van der Waals surface area contributed by atoms with Gasteiger partial charge in [0.25, 0.3) is 0 Å². The van der Waals surface area contributed by atoms with Crippen molar-refractivity contribution in [3.8, 4) is 5.75 Å². The van der Waals surface area contributed by atoms with E-state index in [2.05, 4.69) is 5.32 Å². The summed E-state index contributed by atoms with van der Waals surface area (Å²) in [6, 6.07) is 7.61. The van der Waals surface area contributed by atoms with Crippen LogP contribution in [-0.2, 0) is 20.8 Å². The molecule has 2 aliphatic rings. The predicted molar refractivity (Wildman–Crippen MR) is 91.8 cm³/mol. The molecule has 0 aromatic heterocycles. The van der Waals surface area contributed by atoms with Gasteiger partial charge >= 0.3 is 0 Å². The number of allylic oxidation sites excluding steroid dienone is 2. The zero-order chi connectivity index (χ0) is 17.8. The standard InChI is InChI=1S/C19H22N2O4/c1-25-16-9-5-2-6-13(16)10-11-20-17(22)12-21-18(23)14-7-3-4-8-15(14)19(21)24/h2-6,9,14-15H,7-8,10-12H2,1H3,(H,20,22)/t14-,15-/m0/s1. The highest BCUT2D eigenvalue weighted by Crippen LogP contribution is 2.34. The minimum Gasteiger partial charge on any atom is -0.496 e. The van der Waals surface area contributed by atoms with Crippen molar-refractivity contribution >= 4 is 17.7 Å². The third-order valence-corrected chi connectivity index (χ3v) is 4.81. The molecule has 1 aliphatic carbocycles. The lowest BCUT2D eigenvalue weighted by atomic mass is 9.85. The van der Waals surface area contributed by atoms with Gasteiger partial charge in [0.1, 0.15) is 12.3 Å². The van der Waals surface area contributed by atoms with E-state index in [0.29, 0.717) is 25.8 Å². The second-order valence-corrected chi connectivity index (χ2v) is 6.33. The smallest absolute Gasteiger partial charge is 0.240 e. The number of methoxy groups -OCH3 is 1.